The molecule has 3 rings (SSSR count). The van der Waals surface area contributed by atoms with Gasteiger partial charge in [0.1, 0.15) is 0 Å². The first kappa shape index (κ1) is 20.9. The largest absolute Gasteiger partial charge is 0.354 e. The first-order valence-electron chi connectivity index (χ1n) is 8.71. The van der Waals surface area contributed by atoms with Gasteiger partial charge in [-0.15, -0.1) is 41.9 Å². The fourth-order valence-corrected chi connectivity index (χ4v) is 4.14. The fraction of sp³-hybridized carbons (Fsp3) is 0.350. The molecule has 0 aliphatic carbocycles. The second kappa shape index (κ2) is 10.7. The summed E-state index contributed by atoms with van der Waals surface area (Å²) in [5, 5.41) is 8.93. The van der Waals surface area contributed by atoms with Gasteiger partial charge in [0, 0.05) is 38.1 Å². The minimum Gasteiger partial charge on any atom is -0.354 e. The molecule has 1 unspecified atom stereocenters. The Morgan fingerprint density at radius 2 is 2.12 bits per heavy atom. The van der Waals surface area contributed by atoms with Gasteiger partial charge < -0.3 is 10.6 Å². The van der Waals surface area contributed by atoms with E-state index in [4.69, 9.17) is 0 Å². The zero-order valence-electron chi connectivity index (χ0n) is 15.1. The maximum absolute atomic E-state index is 4.29. The van der Waals surface area contributed by atoms with E-state index in [1.807, 2.05) is 17.4 Å². The predicted molar refractivity (Wildman–Crippen MR) is 123 cm³/mol. The lowest BCUT2D eigenvalue weighted by atomic mass is 10.0. The van der Waals surface area contributed by atoms with Crippen molar-refractivity contribution in [2.75, 3.05) is 26.7 Å². The molecule has 1 aromatic heterocycles. The van der Waals surface area contributed by atoms with Crippen LogP contribution in [-0.2, 0) is 13.0 Å². The van der Waals surface area contributed by atoms with E-state index in [-0.39, 0.29) is 24.0 Å². The standard InChI is InChI=1S/C20H26N4S.HI/c1-3-11-22-20(21-2)23-14-18(16-7-5-4-6-8-16)24-12-9-19-17(15-24)10-13-25-19;/h3-8,10,13,18H,1,9,11-12,14-15H2,2H3,(H2,21,22,23);1H. The first-order chi connectivity index (χ1) is 12.3. The monoisotopic (exact) mass is 482 g/mol. The van der Waals surface area contributed by atoms with Crippen LogP contribution in [0.3, 0.4) is 0 Å². The van der Waals surface area contributed by atoms with E-state index in [0.29, 0.717) is 12.6 Å². The Labute approximate surface area is 177 Å². The van der Waals surface area contributed by atoms with E-state index in [9.17, 15) is 0 Å². The third-order valence-electron chi connectivity index (χ3n) is 4.56. The molecule has 1 atom stereocenters. The Morgan fingerprint density at radius 3 is 2.85 bits per heavy atom. The number of fused-ring (bicyclic) bond motifs is 1. The van der Waals surface area contributed by atoms with Gasteiger partial charge in [-0.2, -0.15) is 0 Å². The molecule has 0 saturated carbocycles. The van der Waals surface area contributed by atoms with E-state index in [2.05, 4.69) is 68.9 Å². The zero-order valence-corrected chi connectivity index (χ0v) is 18.3. The van der Waals surface area contributed by atoms with Gasteiger partial charge in [-0.25, -0.2) is 0 Å². The highest BCUT2D eigenvalue weighted by molar-refractivity contribution is 14.0. The molecule has 0 fully saturated rings. The van der Waals surface area contributed by atoms with E-state index < -0.39 is 0 Å². The summed E-state index contributed by atoms with van der Waals surface area (Å²) in [6.45, 7) is 7.38. The third-order valence-corrected chi connectivity index (χ3v) is 5.59. The molecule has 2 N–H and O–H groups in total. The van der Waals surface area contributed by atoms with Crippen molar-refractivity contribution in [3.8, 4) is 0 Å². The molecule has 6 heteroatoms. The van der Waals surface area contributed by atoms with Gasteiger partial charge in [0.2, 0.25) is 0 Å². The van der Waals surface area contributed by atoms with Crippen LogP contribution in [0.2, 0.25) is 0 Å². The Balaban J connectivity index is 0.00000243. The number of guanidine groups is 1. The van der Waals surface area contributed by atoms with Gasteiger partial charge in [-0.05, 0) is 29.0 Å². The lowest BCUT2D eigenvalue weighted by molar-refractivity contribution is 0.181. The molecule has 0 bridgehead atoms. The highest BCUT2D eigenvalue weighted by Gasteiger charge is 2.25. The highest BCUT2D eigenvalue weighted by Crippen LogP contribution is 2.30. The number of hydrogen-bond acceptors (Lipinski definition) is 3. The van der Waals surface area contributed by atoms with E-state index >= 15 is 0 Å². The Morgan fingerprint density at radius 1 is 1.31 bits per heavy atom. The number of nitrogens with one attached hydrogen (secondary N) is 2. The van der Waals surface area contributed by atoms with E-state index in [1.165, 1.54) is 11.1 Å². The molecule has 0 saturated heterocycles. The molecule has 2 heterocycles. The fourth-order valence-electron chi connectivity index (χ4n) is 3.25. The molecule has 140 valence electrons. The number of hydrogen-bond donors (Lipinski definition) is 2. The van der Waals surface area contributed by atoms with Crippen LogP contribution in [0.5, 0.6) is 0 Å². The molecule has 26 heavy (non-hydrogen) atoms. The molecule has 2 aromatic rings. The number of rotatable bonds is 6. The predicted octanol–water partition coefficient (Wildman–Crippen LogP) is 3.82. The van der Waals surface area contributed by atoms with Gasteiger partial charge in [-0.1, -0.05) is 36.4 Å². The summed E-state index contributed by atoms with van der Waals surface area (Å²) < 4.78 is 0. The number of thiophene rings is 1. The van der Waals surface area contributed by atoms with Crippen molar-refractivity contribution < 1.29 is 0 Å². The van der Waals surface area contributed by atoms with E-state index in [1.54, 1.807) is 11.9 Å². The van der Waals surface area contributed by atoms with Crippen LogP contribution >= 0.6 is 35.3 Å². The summed E-state index contributed by atoms with van der Waals surface area (Å²) in [5.74, 6) is 0.814. The van der Waals surface area contributed by atoms with Crippen LogP contribution in [0, 0.1) is 0 Å². The molecule has 0 spiro atoms. The van der Waals surface area contributed by atoms with Crippen molar-refractivity contribution >= 4 is 41.3 Å². The summed E-state index contributed by atoms with van der Waals surface area (Å²) in [6, 6.07) is 13.3. The lowest BCUT2D eigenvalue weighted by Gasteiger charge is -2.35. The quantitative estimate of drug-likeness (QED) is 0.285. The van der Waals surface area contributed by atoms with Crippen LogP contribution in [0.1, 0.15) is 22.0 Å². The van der Waals surface area contributed by atoms with Gasteiger partial charge >= 0.3 is 0 Å². The minimum atomic E-state index is 0. The van der Waals surface area contributed by atoms with Gasteiger partial charge in [0.15, 0.2) is 5.96 Å². The normalized spacial score (nSPS) is 15.5. The van der Waals surface area contributed by atoms with Gasteiger partial charge in [0.25, 0.3) is 0 Å². The van der Waals surface area contributed by atoms with Gasteiger partial charge in [-0.3, -0.25) is 9.89 Å². The number of aliphatic imine (C=N–C) groups is 1. The molecule has 1 aliphatic rings. The molecule has 1 aromatic carbocycles. The summed E-state index contributed by atoms with van der Waals surface area (Å²) in [4.78, 5) is 8.40. The topological polar surface area (TPSA) is 39.7 Å². The van der Waals surface area contributed by atoms with Crippen molar-refractivity contribution in [1.29, 1.82) is 0 Å². The maximum Gasteiger partial charge on any atom is 0.191 e. The Kier molecular flexibility index (Phi) is 8.61. The third kappa shape index (κ3) is 5.31. The van der Waals surface area contributed by atoms with Crippen LogP contribution in [0.25, 0.3) is 0 Å². The smallest absolute Gasteiger partial charge is 0.191 e. The van der Waals surface area contributed by atoms with Crippen LogP contribution in [-0.4, -0.2) is 37.5 Å². The first-order valence-corrected chi connectivity index (χ1v) is 9.59. The minimum absolute atomic E-state index is 0. The second-order valence-electron chi connectivity index (χ2n) is 6.14. The Bertz CT molecular complexity index is 714. The van der Waals surface area contributed by atoms with Crippen LogP contribution < -0.4 is 10.6 Å². The second-order valence-corrected chi connectivity index (χ2v) is 7.14. The van der Waals surface area contributed by atoms with Crippen LogP contribution in [0.4, 0.5) is 0 Å². The van der Waals surface area contributed by atoms with Crippen molar-refractivity contribution in [3.05, 3.63) is 70.4 Å². The number of nitrogens with zero attached hydrogens (tertiary/aromatic N) is 2. The van der Waals surface area contributed by atoms with Gasteiger partial charge in [0.05, 0.1) is 6.04 Å². The zero-order chi connectivity index (χ0) is 17.5. The maximum atomic E-state index is 4.29. The molecular formula is C20H27IN4S. The average molecular weight is 482 g/mol. The van der Waals surface area contributed by atoms with E-state index in [0.717, 1.165) is 32.0 Å². The summed E-state index contributed by atoms with van der Waals surface area (Å²) in [7, 11) is 1.80. The summed E-state index contributed by atoms with van der Waals surface area (Å²) >= 11 is 1.89. The van der Waals surface area contributed by atoms with Crippen molar-refractivity contribution in [2.24, 2.45) is 4.99 Å². The molecular weight excluding hydrogens is 455 g/mol. The highest BCUT2D eigenvalue weighted by atomic mass is 127. The lowest BCUT2D eigenvalue weighted by Crippen LogP contribution is -2.44. The van der Waals surface area contributed by atoms with Crippen LogP contribution in [0.15, 0.2) is 59.4 Å². The molecule has 0 radical (unpaired) electrons. The van der Waals surface area contributed by atoms with Crippen molar-refractivity contribution in [2.45, 2.75) is 19.0 Å². The molecule has 4 nitrogen and oxygen atoms in total. The average Bonchev–Trinajstić information content (AvgIpc) is 3.13. The molecule has 0 amide bonds. The molecule has 1 aliphatic heterocycles. The number of benzene rings is 1. The van der Waals surface area contributed by atoms with Crippen molar-refractivity contribution in [1.82, 2.24) is 15.5 Å². The Hall–Kier alpha value is -1.38. The van der Waals surface area contributed by atoms with Crippen molar-refractivity contribution in [3.63, 3.8) is 0 Å². The SMILES string of the molecule is C=CCNC(=NC)NCC(c1ccccc1)N1CCc2sccc2C1.I. The summed E-state index contributed by atoms with van der Waals surface area (Å²) in [6.07, 6.45) is 2.98. The number of halogens is 1. The summed E-state index contributed by atoms with van der Waals surface area (Å²) in [5.41, 5.74) is 2.82.